The van der Waals surface area contributed by atoms with Gasteiger partial charge in [0.15, 0.2) is 0 Å². The highest BCUT2D eigenvalue weighted by Crippen LogP contribution is 2.25. The van der Waals surface area contributed by atoms with Gasteiger partial charge in [-0.2, -0.15) is 5.26 Å². The maximum Gasteiger partial charge on any atom is 0.337 e. The molecule has 146 valence electrons. The van der Waals surface area contributed by atoms with Gasteiger partial charge in [-0.1, -0.05) is 37.6 Å². The van der Waals surface area contributed by atoms with Gasteiger partial charge < -0.3 is 9.30 Å². The van der Waals surface area contributed by atoms with Crippen molar-refractivity contribution in [2.24, 2.45) is 0 Å². The van der Waals surface area contributed by atoms with Crippen molar-refractivity contribution >= 4 is 28.5 Å². The molecular formula is C23H25ClN2O2. The number of nitrogens with zero attached hydrogens (tertiary/aromatic N) is 2. The van der Waals surface area contributed by atoms with Crippen LogP contribution in [0.4, 0.5) is 0 Å². The molecule has 1 heterocycles. The topological polar surface area (TPSA) is 55.0 Å². The summed E-state index contributed by atoms with van der Waals surface area (Å²) in [6, 6.07) is 15.6. The van der Waals surface area contributed by atoms with Crippen molar-refractivity contribution in [2.45, 2.75) is 39.7 Å². The molecule has 4 nitrogen and oxygen atoms in total. The van der Waals surface area contributed by atoms with Crippen LogP contribution in [0, 0.1) is 11.3 Å². The number of fused-ring (bicyclic) bond motifs is 1. The third-order valence-corrected chi connectivity index (χ3v) is 4.70. The number of carbonyl (C=O) groups excluding carboxylic acids is 1. The van der Waals surface area contributed by atoms with Crippen molar-refractivity contribution < 1.29 is 9.53 Å². The van der Waals surface area contributed by atoms with Crippen molar-refractivity contribution in [3.8, 4) is 6.07 Å². The van der Waals surface area contributed by atoms with Crippen LogP contribution >= 0.6 is 11.6 Å². The van der Waals surface area contributed by atoms with Crippen LogP contribution in [-0.2, 0) is 24.1 Å². The Morgan fingerprint density at radius 1 is 1.14 bits per heavy atom. The molecule has 0 aliphatic carbocycles. The molecule has 0 saturated heterocycles. The third kappa shape index (κ3) is 5.15. The molecule has 0 atom stereocenters. The fraction of sp³-hybridized carbons (Fsp3) is 0.304. The monoisotopic (exact) mass is 396 g/mol. The Balaban J connectivity index is 0.00000136. The predicted octanol–water partition coefficient (Wildman–Crippen LogP) is 5.81. The van der Waals surface area contributed by atoms with E-state index in [-0.39, 0.29) is 5.97 Å². The van der Waals surface area contributed by atoms with Gasteiger partial charge in [0.2, 0.25) is 0 Å². The fourth-order valence-corrected chi connectivity index (χ4v) is 3.23. The largest absolute Gasteiger partial charge is 0.465 e. The molecule has 3 aromatic rings. The maximum atomic E-state index is 11.9. The van der Waals surface area contributed by atoms with Gasteiger partial charge in [0.1, 0.15) is 0 Å². The first-order valence-electron chi connectivity index (χ1n) is 9.44. The first kappa shape index (κ1) is 21.5. The molecule has 2 aromatic carbocycles. The maximum absolute atomic E-state index is 11.9. The standard InChI is InChI=1S/C21H19ClN2O2.C2H6/c1-26-21(25)16-7-10-20-19(13-16)17(14-24(20)12-2-11-23)6-3-15-4-8-18(22)9-5-15;1-2/h4-5,7-10,13-14H,2-3,6,12H2,1H3;1-2H3. The Morgan fingerprint density at radius 2 is 1.86 bits per heavy atom. The van der Waals surface area contributed by atoms with E-state index in [1.54, 1.807) is 6.07 Å². The summed E-state index contributed by atoms with van der Waals surface area (Å²) in [4.78, 5) is 11.9. The van der Waals surface area contributed by atoms with Crippen LogP contribution in [0.1, 0.15) is 41.8 Å². The minimum Gasteiger partial charge on any atom is -0.465 e. The normalized spacial score (nSPS) is 10.1. The molecule has 3 rings (SSSR count). The molecule has 0 amide bonds. The van der Waals surface area contributed by atoms with Crippen LogP contribution in [-0.4, -0.2) is 17.6 Å². The smallest absolute Gasteiger partial charge is 0.337 e. The lowest BCUT2D eigenvalue weighted by Gasteiger charge is -2.04. The van der Waals surface area contributed by atoms with E-state index in [2.05, 4.69) is 16.8 Å². The lowest BCUT2D eigenvalue weighted by Crippen LogP contribution is -2.01. The number of carbonyl (C=O) groups is 1. The quantitative estimate of drug-likeness (QED) is 0.494. The summed E-state index contributed by atoms with van der Waals surface area (Å²) in [5.74, 6) is -0.347. The number of ether oxygens (including phenoxy) is 1. The second-order valence-corrected chi connectivity index (χ2v) is 6.54. The van der Waals surface area contributed by atoms with E-state index < -0.39 is 0 Å². The fourth-order valence-electron chi connectivity index (χ4n) is 3.10. The highest BCUT2D eigenvalue weighted by Gasteiger charge is 2.13. The Bertz CT molecular complexity index is 969. The zero-order valence-corrected chi connectivity index (χ0v) is 17.3. The minimum atomic E-state index is -0.347. The van der Waals surface area contributed by atoms with E-state index in [0.717, 1.165) is 34.3 Å². The van der Waals surface area contributed by atoms with Crippen LogP contribution in [0.2, 0.25) is 5.02 Å². The number of rotatable bonds is 6. The average molecular weight is 397 g/mol. The first-order chi connectivity index (χ1) is 13.6. The summed E-state index contributed by atoms with van der Waals surface area (Å²) >= 11 is 5.95. The number of aromatic nitrogens is 1. The van der Waals surface area contributed by atoms with Gasteiger partial charge in [0, 0.05) is 28.7 Å². The van der Waals surface area contributed by atoms with Gasteiger partial charge >= 0.3 is 5.97 Å². The average Bonchev–Trinajstić information content (AvgIpc) is 3.09. The van der Waals surface area contributed by atoms with Crippen molar-refractivity contribution in [2.75, 3.05) is 7.11 Å². The lowest BCUT2D eigenvalue weighted by atomic mass is 10.0. The van der Waals surface area contributed by atoms with Crippen LogP contribution in [0.15, 0.2) is 48.7 Å². The molecule has 0 aliphatic rings. The number of hydrogen-bond donors (Lipinski definition) is 0. The Kier molecular flexibility index (Phi) is 8.10. The van der Waals surface area contributed by atoms with Crippen molar-refractivity contribution in [1.82, 2.24) is 4.57 Å². The molecule has 0 fully saturated rings. The number of methoxy groups -OCH3 is 1. The third-order valence-electron chi connectivity index (χ3n) is 4.45. The molecule has 0 radical (unpaired) electrons. The van der Waals surface area contributed by atoms with E-state index in [0.29, 0.717) is 18.5 Å². The van der Waals surface area contributed by atoms with E-state index in [1.165, 1.54) is 12.7 Å². The van der Waals surface area contributed by atoms with Gasteiger partial charge in [-0.3, -0.25) is 0 Å². The number of aryl methyl sites for hydroxylation is 3. The highest BCUT2D eigenvalue weighted by atomic mass is 35.5. The molecule has 0 spiro atoms. The molecule has 5 heteroatoms. The molecule has 0 saturated carbocycles. The van der Waals surface area contributed by atoms with Gasteiger partial charge in [-0.15, -0.1) is 0 Å². The lowest BCUT2D eigenvalue weighted by molar-refractivity contribution is 0.0601. The van der Waals surface area contributed by atoms with Crippen molar-refractivity contribution in [1.29, 1.82) is 5.26 Å². The zero-order valence-electron chi connectivity index (χ0n) is 16.5. The molecule has 0 aliphatic heterocycles. The second kappa shape index (κ2) is 10.5. The summed E-state index contributed by atoms with van der Waals surface area (Å²) in [5, 5.41) is 10.6. The minimum absolute atomic E-state index is 0.347. The number of nitriles is 1. The molecule has 28 heavy (non-hydrogen) atoms. The van der Waals surface area contributed by atoms with Crippen molar-refractivity contribution in [3.05, 3.63) is 70.4 Å². The van der Waals surface area contributed by atoms with Crippen LogP contribution in [0.25, 0.3) is 10.9 Å². The summed E-state index contributed by atoms with van der Waals surface area (Å²) in [6.45, 7) is 4.63. The summed E-state index contributed by atoms with van der Waals surface area (Å²) in [6.07, 6.45) is 4.23. The van der Waals surface area contributed by atoms with Gasteiger partial charge in [0.05, 0.1) is 25.2 Å². The van der Waals surface area contributed by atoms with Crippen LogP contribution in [0.5, 0.6) is 0 Å². The SMILES string of the molecule is CC.COC(=O)c1ccc2c(c1)c(CCc1ccc(Cl)cc1)cn2CCC#N. The van der Waals surface area contributed by atoms with E-state index in [1.807, 2.05) is 50.2 Å². The summed E-state index contributed by atoms with van der Waals surface area (Å²) < 4.78 is 6.92. The van der Waals surface area contributed by atoms with Crippen LogP contribution < -0.4 is 0 Å². The Hall–Kier alpha value is -2.77. The number of benzene rings is 2. The summed E-state index contributed by atoms with van der Waals surface area (Å²) in [7, 11) is 1.38. The Morgan fingerprint density at radius 3 is 2.50 bits per heavy atom. The predicted molar refractivity (Wildman–Crippen MR) is 114 cm³/mol. The van der Waals surface area contributed by atoms with Crippen molar-refractivity contribution in [3.63, 3.8) is 0 Å². The highest BCUT2D eigenvalue weighted by molar-refractivity contribution is 6.30. The summed E-state index contributed by atoms with van der Waals surface area (Å²) in [5.41, 5.74) is 3.92. The number of hydrogen-bond acceptors (Lipinski definition) is 3. The van der Waals surface area contributed by atoms with E-state index in [4.69, 9.17) is 21.6 Å². The number of esters is 1. The Labute approximate surface area is 171 Å². The first-order valence-corrected chi connectivity index (χ1v) is 9.81. The second-order valence-electron chi connectivity index (χ2n) is 6.11. The van der Waals surface area contributed by atoms with Gasteiger partial charge in [-0.25, -0.2) is 4.79 Å². The molecular weight excluding hydrogens is 372 g/mol. The zero-order chi connectivity index (χ0) is 20.5. The van der Waals surface area contributed by atoms with E-state index in [9.17, 15) is 4.79 Å². The molecule has 0 unspecified atom stereocenters. The van der Waals surface area contributed by atoms with E-state index >= 15 is 0 Å². The van der Waals surface area contributed by atoms with Crippen LogP contribution in [0.3, 0.4) is 0 Å². The molecule has 1 aromatic heterocycles. The molecule has 0 N–H and O–H groups in total. The molecule has 0 bridgehead atoms. The van der Waals surface area contributed by atoms with Gasteiger partial charge in [0.25, 0.3) is 0 Å². The number of halogens is 1. The van der Waals surface area contributed by atoms with Gasteiger partial charge in [-0.05, 0) is 54.3 Å².